The topological polar surface area (TPSA) is 45.2 Å². The number of aromatic nitrogens is 1. The van der Waals surface area contributed by atoms with Gasteiger partial charge in [0.2, 0.25) is 5.91 Å². The summed E-state index contributed by atoms with van der Waals surface area (Å²) in [4.78, 5) is 18.4. The number of nitrogens with zero attached hydrogens (tertiary/aromatic N) is 2. The molecule has 0 aromatic carbocycles. The number of hydrogen-bond donors (Lipinski definition) is 1. The second kappa shape index (κ2) is 6.29. The van der Waals surface area contributed by atoms with Crippen molar-refractivity contribution < 1.29 is 4.79 Å². The van der Waals surface area contributed by atoms with E-state index < -0.39 is 0 Å². The van der Waals surface area contributed by atoms with E-state index in [0.29, 0.717) is 12.5 Å². The summed E-state index contributed by atoms with van der Waals surface area (Å²) in [5, 5.41) is 3.09. The molecule has 0 saturated carbocycles. The van der Waals surface area contributed by atoms with Crippen LogP contribution in [0.2, 0.25) is 0 Å². The van der Waals surface area contributed by atoms with Crippen molar-refractivity contribution in [2.45, 2.75) is 25.3 Å². The molecule has 0 bridgehead atoms. The van der Waals surface area contributed by atoms with Crippen LogP contribution in [-0.4, -0.2) is 42.0 Å². The molecule has 0 radical (unpaired) electrons. The first-order valence-electron chi connectivity index (χ1n) is 6.22. The average Bonchev–Trinajstić information content (AvgIpc) is 2.35. The molecule has 2 rings (SSSR count). The van der Waals surface area contributed by atoms with Crippen molar-refractivity contribution in [3.63, 3.8) is 0 Å². The Balaban J connectivity index is 1.80. The van der Waals surface area contributed by atoms with Crippen LogP contribution in [0.15, 0.2) is 22.8 Å². The highest BCUT2D eigenvalue weighted by Gasteiger charge is 2.18. The highest BCUT2D eigenvalue weighted by Crippen LogP contribution is 2.10. The van der Waals surface area contributed by atoms with Gasteiger partial charge < -0.3 is 10.2 Å². The Morgan fingerprint density at radius 1 is 1.50 bits per heavy atom. The molecule has 4 nitrogen and oxygen atoms in total. The van der Waals surface area contributed by atoms with E-state index in [0.717, 1.165) is 36.1 Å². The van der Waals surface area contributed by atoms with Crippen molar-refractivity contribution in [1.82, 2.24) is 15.2 Å². The maximum absolute atomic E-state index is 11.9. The first-order chi connectivity index (χ1) is 8.63. The van der Waals surface area contributed by atoms with Gasteiger partial charge in [-0.05, 0) is 61.0 Å². The van der Waals surface area contributed by atoms with Gasteiger partial charge in [-0.3, -0.25) is 9.78 Å². The van der Waals surface area contributed by atoms with E-state index in [1.54, 1.807) is 6.20 Å². The Bertz CT molecular complexity index is 399. The molecule has 0 atom stereocenters. The number of rotatable bonds is 3. The fourth-order valence-electron chi connectivity index (χ4n) is 2.11. The summed E-state index contributed by atoms with van der Waals surface area (Å²) >= 11 is 3.33. The third kappa shape index (κ3) is 4.07. The Hall–Kier alpha value is -0.940. The zero-order chi connectivity index (χ0) is 13.0. The van der Waals surface area contributed by atoms with Crippen molar-refractivity contribution in [2.75, 3.05) is 20.1 Å². The number of carbonyl (C=O) groups excluding carboxylic acids is 1. The zero-order valence-electron chi connectivity index (χ0n) is 10.5. The Morgan fingerprint density at radius 2 is 2.22 bits per heavy atom. The molecule has 1 aliphatic heterocycles. The van der Waals surface area contributed by atoms with Gasteiger partial charge in [-0.2, -0.15) is 0 Å². The summed E-state index contributed by atoms with van der Waals surface area (Å²) in [6.45, 7) is 2.11. The van der Waals surface area contributed by atoms with E-state index in [2.05, 4.69) is 38.2 Å². The molecule has 1 aromatic heterocycles. The predicted octanol–water partition coefficient (Wildman–Crippen LogP) is 1.60. The average molecular weight is 312 g/mol. The van der Waals surface area contributed by atoms with Gasteiger partial charge in [-0.1, -0.05) is 0 Å². The van der Waals surface area contributed by atoms with Crippen molar-refractivity contribution in [3.8, 4) is 0 Å². The van der Waals surface area contributed by atoms with E-state index in [1.807, 2.05) is 12.1 Å². The Morgan fingerprint density at radius 3 is 2.83 bits per heavy atom. The van der Waals surface area contributed by atoms with Gasteiger partial charge in [-0.25, -0.2) is 0 Å². The molecule has 1 saturated heterocycles. The minimum Gasteiger partial charge on any atom is -0.353 e. The number of halogens is 1. The molecule has 1 amide bonds. The number of hydrogen-bond acceptors (Lipinski definition) is 3. The molecule has 2 heterocycles. The normalized spacial score (nSPS) is 17.7. The Labute approximate surface area is 116 Å². The summed E-state index contributed by atoms with van der Waals surface area (Å²) in [6, 6.07) is 4.10. The number of nitrogens with one attached hydrogen (secondary N) is 1. The minimum absolute atomic E-state index is 0.0689. The summed E-state index contributed by atoms with van der Waals surface area (Å²) in [7, 11) is 2.11. The van der Waals surface area contributed by atoms with E-state index in [9.17, 15) is 4.79 Å². The first-order valence-corrected chi connectivity index (χ1v) is 7.01. The quantitative estimate of drug-likeness (QED) is 0.922. The van der Waals surface area contributed by atoms with Crippen LogP contribution in [0.25, 0.3) is 0 Å². The van der Waals surface area contributed by atoms with Crippen molar-refractivity contribution in [2.24, 2.45) is 0 Å². The molecular weight excluding hydrogens is 294 g/mol. The van der Waals surface area contributed by atoms with Crippen LogP contribution in [0.3, 0.4) is 0 Å². The Kier molecular flexibility index (Phi) is 4.72. The lowest BCUT2D eigenvalue weighted by atomic mass is 10.1. The summed E-state index contributed by atoms with van der Waals surface area (Å²) in [6.07, 6.45) is 4.16. The monoisotopic (exact) mass is 311 g/mol. The second-order valence-electron chi connectivity index (χ2n) is 4.79. The van der Waals surface area contributed by atoms with Crippen LogP contribution in [0.5, 0.6) is 0 Å². The zero-order valence-corrected chi connectivity index (χ0v) is 12.1. The molecule has 0 aliphatic carbocycles. The lowest BCUT2D eigenvalue weighted by Crippen LogP contribution is -2.43. The SMILES string of the molecule is CN1CCC(NC(=O)Cc2ccc(Br)cn2)CC1. The number of pyridine rings is 1. The van der Waals surface area contributed by atoms with Crippen LogP contribution in [0, 0.1) is 0 Å². The highest BCUT2D eigenvalue weighted by molar-refractivity contribution is 9.10. The molecule has 0 unspecified atom stereocenters. The lowest BCUT2D eigenvalue weighted by Gasteiger charge is -2.29. The van der Waals surface area contributed by atoms with Gasteiger partial charge >= 0.3 is 0 Å². The highest BCUT2D eigenvalue weighted by atomic mass is 79.9. The largest absolute Gasteiger partial charge is 0.353 e. The van der Waals surface area contributed by atoms with E-state index in [1.165, 1.54) is 0 Å². The van der Waals surface area contributed by atoms with Gasteiger partial charge in [0.25, 0.3) is 0 Å². The summed E-state index contributed by atoms with van der Waals surface area (Å²) in [5.74, 6) is 0.0689. The fraction of sp³-hybridized carbons (Fsp3) is 0.538. The maximum Gasteiger partial charge on any atom is 0.226 e. The van der Waals surface area contributed by atoms with Crippen LogP contribution in [-0.2, 0) is 11.2 Å². The number of piperidine rings is 1. The molecule has 1 fully saturated rings. The van der Waals surface area contributed by atoms with Crippen molar-refractivity contribution in [1.29, 1.82) is 0 Å². The van der Waals surface area contributed by atoms with E-state index >= 15 is 0 Å². The van der Waals surface area contributed by atoms with Crippen molar-refractivity contribution in [3.05, 3.63) is 28.5 Å². The van der Waals surface area contributed by atoms with Crippen LogP contribution in [0.1, 0.15) is 18.5 Å². The molecule has 18 heavy (non-hydrogen) atoms. The van der Waals surface area contributed by atoms with Crippen molar-refractivity contribution >= 4 is 21.8 Å². The van der Waals surface area contributed by atoms with E-state index in [-0.39, 0.29) is 5.91 Å². The van der Waals surface area contributed by atoms with Gasteiger partial charge in [-0.15, -0.1) is 0 Å². The molecule has 1 aromatic rings. The third-order valence-electron chi connectivity index (χ3n) is 3.21. The summed E-state index contributed by atoms with van der Waals surface area (Å²) < 4.78 is 0.932. The lowest BCUT2D eigenvalue weighted by molar-refractivity contribution is -0.121. The van der Waals surface area contributed by atoms with Gasteiger partial charge in [0.05, 0.1) is 6.42 Å². The smallest absolute Gasteiger partial charge is 0.226 e. The molecule has 1 aliphatic rings. The predicted molar refractivity (Wildman–Crippen MR) is 74.3 cm³/mol. The molecular formula is C13H18BrN3O. The van der Waals surface area contributed by atoms with Crippen LogP contribution < -0.4 is 5.32 Å². The second-order valence-corrected chi connectivity index (χ2v) is 5.71. The van der Waals surface area contributed by atoms with Crippen LogP contribution >= 0.6 is 15.9 Å². The van der Waals surface area contributed by atoms with E-state index in [4.69, 9.17) is 0 Å². The fourth-order valence-corrected chi connectivity index (χ4v) is 2.34. The van der Waals surface area contributed by atoms with Gasteiger partial charge in [0, 0.05) is 22.4 Å². The number of carbonyl (C=O) groups is 1. The first kappa shape index (κ1) is 13.5. The molecule has 0 spiro atoms. The standard InChI is InChI=1S/C13H18BrN3O/c1-17-6-4-11(5-7-17)16-13(18)8-12-3-2-10(14)9-15-12/h2-3,9,11H,4-8H2,1H3,(H,16,18). The van der Waals surface area contributed by atoms with Crippen LogP contribution in [0.4, 0.5) is 0 Å². The number of amides is 1. The maximum atomic E-state index is 11.9. The minimum atomic E-state index is 0.0689. The molecule has 1 N–H and O–H groups in total. The number of likely N-dealkylation sites (tertiary alicyclic amines) is 1. The third-order valence-corrected chi connectivity index (χ3v) is 3.68. The molecule has 98 valence electrons. The van der Waals surface area contributed by atoms with Gasteiger partial charge in [0.15, 0.2) is 0 Å². The molecule has 5 heteroatoms. The summed E-state index contributed by atoms with van der Waals surface area (Å²) in [5.41, 5.74) is 0.809. The van der Waals surface area contributed by atoms with Gasteiger partial charge in [0.1, 0.15) is 0 Å².